The summed E-state index contributed by atoms with van der Waals surface area (Å²) in [6.07, 6.45) is 0. The normalized spacial score (nSPS) is 12.1. The van der Waals surface area contributed by atoms with Gasteiger partial charge in [0.1, 0.15) is 17.5 Å². The van der Waals surface area contributed by atoms with Gasteiger partial charge in [-0.05, 0) is 58.0 Å². The lowest BCUT2D eigenvalue weighted by atomic mass is 10.0. The molecule has 1 atom stereocenters. The van der Waals surface area contributed by atoms with E-state index in [4.69, 9.17) is 14.2 Å². The average Bonchev–Trinajstić information content (AvgIpc) is 3.45. The van der Waals surface area contributed by atoms with E-state index in [0.29, 0.717) is 43.4 Å². The second-order valence-electron chi connectivity index (χ2n) is 9.40. The van der Waals surface area contributed by atoms with Crippen molar-refractivity contribution in [1.29, 1.82) is 0 Å². The molecular formula is C30H32N6O4. The first-order valence-corrected chi connectivity index (χ1v) is 13.0. The Morgan fingerprint density at radius 3 is 2.27 bits per heavy atom. The van der Waals surface area contributed by atoms with Crippen molar-refractivity contribution in [2.45, 2.75) is 25.7 Å². The van der Waals surface area contributed by atoms with Crippen LogP contribution in [0.15, 0.2) is 83.7 Å². The predicted octanol–water partition coefficient (Wildman–Crippen LogP) is 3.97. The van der Waals surface area contributed by atoms with E-state index in [1.165, 1.54) is 0 Å². The van der Waals surface area contributed by atoms with E-state index in [2.05, 4.69) is 37.5 Å². The fourth-order valence-electron chi connectivity index (χ4n) is 4.80. The van der Waals surface area contributed by atoms with Gasteiger partial charge in [0.05, 0.1) is 27.4 Å². The number of benzene rings is 3. The summed E-state index contributed by atoms with van der Waals surface area (Å²) in [7, 11) is 4.90. The van der Waals surface area contributed by atoms with E-state index in [9.17, 15) is 4.79 Å². The first-order chi connectivity index (χ1) is 19.6. The number of aromatic nitrogens is 5. The quantitative estimate of drug-likeness (QED) is 0.253. The molecule has 5 rings (SSSR count). The number of tetrazole rings is 1. The summed E-state index contributed by atoms with van der Waals surface area (Å²) >= 11 is 0. The molecular weight excluding hydrogens is 508 g/mol. The summed E-state index contributed by atoms with van der Waals surface area (Å²) in [5.41, 5.74) is 3.18. The highest BCUT2D eigenvalue weighted by Gasteiger charge is 2.31. The van der Waals surface area contributed by atoms with Crippen LogP contribution >= 0.6 is 0 Å². The second kappa shape index (κ2) is 12.5. The van der Waals surface area contributed by atoms with Crippen LogP contribution in [0.5, 0.6) is 11.5 Å². The minimum atomic E-state index is -0.575. The van der Waals surface area contributed by atoms with Gasteiger partial charge in [-0.3, -0.25) is 9.69 Å². The van der Waals surface area contributed by atoms with Crippen LogP contribution in [0.4, 0.5) is 0 Å². The van der Waals surface area contributed by atoms with Crippen LogP contribution in [0.1, 0.15) is 28.6 Å². The van der Waals surface area contributed by atoms with Gasteiger partial charge in [-0.2, -0.15) is 0 Å². The van der Waals surface area contributed by atoms with Crippen molar-refractivity contribution in [3.05, 3.63) is 112 Å². The monoisotopic (exact) mass is 540 g/mol. The molecule has 5 aromatic rings. The number of methoxy groups -OCH3 is 3. The Kier molecular flexibility index (Phi) is 8.48. The first kappa shape index (κ1) is 27.0. The fraction of sp³-hybridized carbons (Fsp3) is 0.267. The van der Waals surface area contributed by atoms with Gasteiger partial charge < -0.3 is 19.2 Å². The third kappa shape index (κ3) is 6.03. The molecule has 0 aliphatic heterocycles. The van der Waals surface area contributed by atoms with E-state index >= 15 is 0 Å². The molecule has 10 heteroatoms. The van der Waals surface area contributed by atoms with E-state index in [1.54, 1.807) is 26.0 Å². The molecule has 1 N–H and O–H groups in total. The molecule has 0 saturated carbocycles. The molecule has 206 valence electrons. The molecule has 0 spiro atoms. The van der Waals surface area contributed by atoms with Crippen molar-refractivity contribution < 1.29 is 14.2 Å². The van der Waals surface area contributed by atoms with Gasteiger partial charge in [-0.25, -0.2) is 4.68 Å². The zero-order valence-electron chi connectivity index (χ0n) is 22.8. The molecule has 3 aromatic carbocycles. The van der Waals surface area contributed by atoms with Gasteiger partial charge in [-0.1, -0.05) is 42.5 Å². The minimum Gasteiger partial charge on any atom is -0.497 e. The molecule has 0 aliphatic carbocycles. The van der Waals surface area contributed by atoms with Crippen molar-refractivity contribution in [1.82, 2.24) is 30.1 Å². The number of hydrogen-bond donors (Lipinski definition) is 1. The molecule has 0 radical (unpaired) electrons. The molecule has 0 saturated heterocycles. The number of pyridine rings is 1. The van der Waals surface area contributed by atoms with Gasteiger partial charge in [-0.15, -0.1) is 5.10 Å². The summed E-state index contributed by atoms with van der Waals surface area (Å²) in [6.45, 7) is 1.93. The predicted molar refractivity (Wildman–Crippen MR) is 151 cm³/mol. The topological polar surface area (TPSA) is 107 Å². The molecule has 0 bridgehead atoms. The summed E-state index contributed by atoms with van der Waals surface area (Å²) in [5.74, 6) is 2.03. The number of hydrogen-bond acceptors (Lipinski definition) is 8. The van der Waals surface area contributed by atoms with Crippen molar-refractivity contribution in [2.24, 2.45) is 0 Å². The molecule has 0 aliphatic rings. The van der Waals surface area contributed by atoms with Crippen molar-refractivity contribution in [2.75, 3.05) is 27.9 Å². The van der Waals surface area contributed by atoms with Crippen molar-refractivity contribution in [3.63, 3.8) is 0 Å². The van der Waals surface area contributed by atoms with Gasteiger partial charge in [0.15, 0.2) is 5.82 Å². The summed E-state index contributed by atoms with van der Waals surface area (Å²) < 4.78 is 17.8. The molecule has 0 unspecified atom stereocenters. The SMILES string of the molecule is COCCn1nnnc1[C@@H](c1cc2cc(OC)ccc2[nH]c1=O)N(Cc1ccccc1)Cc1ccc(OC)cc1. The van der Waals surface area contributed by atoms with Crippen LogP contribution in [0.3, 0.4) is 0 Å². The Morgan fingerprint density at radius 2 is 1.57 bits per heavy atom. The third-order valence-electron chi connectivity index (χ3n) is 6.82. The average molecular weight is 541 g/mol. The Bertz CT molecular complexity index is 1600. The number of ether oxygens (including phenoxy) is 3. The fourth-order valence-corrected chi connectivity index (χ4v) is 4.80. The number of aromatic amines is 1. The van der Waals surface area contributed by atoms with Crippen molar-refractivity contribution >= 4 is 10.9 Å². The van der Waals surface area contributed by atoms with Gasteiger partial charge >= 0.3 is 0 Å². The molecule has 2 aromatic heterocycles. The van der Waals surface area contributed by atoms with Crippen LogP contribution in [0.2, 0.25) is 0 Å². The summed E-state index contributed by atoms with van der Waals surface area (Å²) in [5, 5.41) is 13.5. The van der Waals surface area contributed by atoms with E-state index in [0.717, 1.165) is 27.8 Å². The highest BCUT2D eigenvalue weighted by atomic mass is 16.5. The molecule has 0 amide bonds. The molecule has 2 heterocycles. The third-order valence-corrected chi connectivity index (χ3v) is 6.82. The Balaban J connectivity index is 1.68. The zero-order valence-corrected chi connectivity index (χ0v) is 22.8. The molecule has 10 nitrogen and oxygen atoms in total. The van der Waals surface area contributed by atoms with Crippen molar-refractivity contribution in [3.8, 4) is 11.5 Å². The van der Waals surface area contributed by atoms with Crippen LogP contribution in [0.25, 0.3) is 10.9 Å². The lowest BCUT2D eigenvalue weighted by Gasteiger charge is -2.31. The van der Waals surface area contributed by atoms with E-state index in [1.807, 2.05) is 66.7 Å². The van der Waals surface area contributed by atoms with E-state index < -0.39 is 6.04 Å². The van der Waals surface area contributed by atoms with Gasteiger partial charge in [0, 0.05) is 36.7 Å². The lowest BCUT2D eigenvalue weighted by Crippen LogP contribution is -2.35. The number of fused-ring (bicyclic) bond motifs is 1. The number of nitrogens with zero attached hydrogens (tertiary/aromatic N) is 5. The van der Waals surface area contributed by atoms with Crippen LogP contribution in [0, 0.1) is 0 Å². The largest absolute Gasteiger partial charge is 0.497 e. The maximum atomic E-state index is 13.7. The highest BCUT2D eigenvalue weighted by molar-refractivity contribution is 5.80. The Labute approximate surface area is 232 Å². The summed E-state index contributed by atoms with van der Waals surface area (Å²) in [6, 6.07) is 25.0. The molecule has 40 heavy (non-hydrogen) atoms. The Morgan fingerprint density at radius 1 is 0.875 bits per heavy atom. The van der Waals surface area contributed by atoms with Crippen LogP contribution in [-0.4, -0.2) is 58.0 Å². The van der Waals surface area contributed by atoms with Crippen LogP contribution in [-0.2, 0) is 24.4 Å². The standard InChI is InChI=1S/C30H32N6O4/c1-38-16-15-36-29(32-33-34-36)28(26-18-23-17-25(40-3)13-14-27(23)31-30(26)37)35(19-21-7-5-4-6-8-21)20-22-9-11-24(39-2)12-10-22/h4-14,17-18,28H,15-16,19-20H2,1-3H3,(H,31,37)/t28-/m1/s1. The molecule has 0 fully saturated rings. The highest BCUT2D eigenvalue weighted by Crippen LogP contribution is 2.31. The first-order valence-electron chi connectivity index (χ1n) is 13.0. The minimum absolute atomic E-state index is 0.211. The number of rotatable bonds is 12. The lowest BCUT2D eigenvalue weighted by molar-refractivity contribution is 0.169. The smallest absolute Gasteiger partial charge is 0.253 e. The van der Waals surface area contributed by atoms with Gasteiger partial charge in [0.2, 0.25) is 0 Å². The number of nitrogens with one attached hydrogen (secondary N) is 1. The van der Waals surface area contributed by atoms with Gasteiger partial charge in [0.25, 0.3) is 5.56 Å². The van der Waals surface area contributed by atoms with Crippen LogP contribution < -0.4 is 15.0 Å². The Hall–Kier alpha value is -4.54. The number of H-pyrrole nitrogens is 1. The maximum absolute atomic E-state index is 13.7. The second-order valence-corrected chi connectivity index (χ2v) is 9.40. The zero-order chi connectivity index (χ0) is 27.9. The maximum Gasteiger partial charge on any atom is 0.253 e. The van der Waals surface area contributed by atoms with E-state index in [-0.39, 0.29) is 5.56 Å². The summed E-state index contributed by atoms with van der Waals surface area (Å²) in [4.78, 5) is 19.0.